The zero-order chi connectivity index (χ0) is 19.6. The van der Waals surface area contributed by atoms with Crippen LogP contribution in [0.2, 0.25) is 5.02 Å². The highest BCUT2D eigenvalue weighted by Crippen LogP contribution is 2.35. The number of urea groups is 1. The number of rotatable bonds is 3. The van der Waals surface area contributed by atoms with Crippen LogP contribution in [0, 0.1) is 6.92 Å². The van der Waals surface area contributed by atoms with Crippen molar-refractivity contribution < 1.29 is 22.5 Å². The Balaban J connectivity index is 1.82. The molecule has 0 aliphatic rings. The molecule has 0 aliphatic heterocycles. The summed E-state index contributed by atoms with van der Waals surface area (Å²) in [6, 6.07) is 10.4. The lowest BCUT2D eigenvalue weighted by Gasteiger charge is -2.11. The number of aryl methyl sites for hydroxylation is 1. The van der Waals surface area contributed by atoms with Crippen LogP contribution >= 0.6 is 11.6 Å². The lowest BCUT2D eigenvalue weighted by molar-refractivity contribution is -0.137. The second-order valence-corrected chi connectivity index (χ2v) is 6.01. The fourth-order valence-electron chi connectivity index (χ4n) is 2.41. The number of hydrogen-bond acceptors (Lipinski definition) is 3. The van der Waals surface area contributed by atoms with Crippen molar-refractivity contribution in [1.29, 1.82) is 0 Å². The Hall–Kier alpha value is -3.00. The van der Waals surface area contributed by atoms with Crippen molar-refractivity contribution >= 4 is 29.0 Å². The van der Waals surface area contributed by atoms with Gasteiger partial charge in [-0.25, -0.2) is 4.79 Å². The Kier molecular flexibility index (Phi) is 5.09. The van der Waals surface area contributed by atoms with Crippen LogP contribution in [0.15, 0.2) is 53.1 Å². The molecule has 0 bridgehead atoms. The summed E-state index contributed by atoms with van der Waals surface area (Å²) in [5.41, 5.74) is 0.268. The molecular weight excluding hydrogens is 383 g/mol. The number of aromatic nitrogens is 1. The number of amides is 2. The standard InChI is InChI=1S/C18H13ClF3N3O2/c1-10-15(16(25-27-10)13-7-2-3-8-14(13)19)24-17(26)23-12-6-4-5-11(9-12)18(20,21)22/h2-9H,1H3,(H2,23,24,26). The van der Waals surface area contributed by atoms with E-state index in [0.29, 0.717) is 22.0 Å². The van der Waals surface area contributed by atoms with E-state index >= 15 is 0 Å². The molecule has 3 rings (SSSR count). The molecule has 0 spiro atoms. The van der Waals surface area contributed by atoms with E-state index in [1.165, 1.54) is 12.1 Å². The maximum Gasteiger partial charge on any atom is 0.416 e. The van der Waals surface area contributed by atoms with Gasteiger partial charge in [0, 0.05) is 11.3 Å². The van der Waals surface area contributed by atoms with E-state index in [1.54, 1.807) is 31.2 Å². The quantitative estimate of drug-likeness (QED) is 0.574. The third-order valence-electron chi connectivity index (χ3n) is 3.68. The third-order valence-corrected chi connectivity index (χ3v) is 4.01. The largest absolute Gasteiger partial charge is 0.416 e. The zero-order valence-electron chi connectivity index (χ0n) is 13.9. The summed E-state index contributed by atoms with van der Waals surface area (Å²) in [4.78, 5) is 12.3. The normalized spacial score (nSPS) is 11.3. The van der Waals surface area contributed by atoms with Gasteiger partial charge in [0.05, 0.1) is 10.6 Å². The minimum absolute atomic E-state index is 0.00396. The molecule has 0 aliphatic carbocycles. The van der Waals surface area contributed by atoms with Crippen LogP contribution in [0.1, 0.15) is 11.3 Å². The Morgan fingerprint density at radius 3 is 2.56 bits per heavy atom. The van der Waals surface area contributed by atoms with Gasteiger partial charge in [-0.05, 0) is 31.2 Å². The fraction of sp³-hybridized carbons (Fsp3) is 0.111. The molecule has 1 aromatic heterocycles. The second-order valence-electron chi connectivity index (χ2n) is 5.60. The summed E-state index contributed by atoms with van der Waals surface area (Å²) in [5.74, 6) is 0.323. The average Bonchev–Trinajstić information content (AvgIpc) is 2.95. The highest BCUT2D eigenvalue weighted by molar-refractivity contribution is 6.33. The molecule has 1 heterocycles. The van der Waals surface area contributed by atoms with Crippen molar-refractivity contribution in [3.8, 4) is 11.3 Å². The Bertz CT molecular complexity index is 986. The minimum atomic E-state index is -4.50. The van der Waals surface area contributed by atoms with Crippen LogP contribution in [-0.2, 0) is 6.18 Å². The van der Waals surface area contributed by atoms with Crippen molar-refractivity contribution in [2.75, 3.05) is 10.6 Å². The minimum Gasteiger partial charge on any atom is -0.359 e. The average molecular weight is 396 g/mol. The summed E-state index contributed by atoms with van der Waals surface area (Å²) in [6.07, 6.45) is -4.50. The van der Waals surface area contributed by atoms with Crippen molar-refractivity contribution in [3.63, 3.8) is 0 Å². The van der Waals surface area contributed by atoms with E-state index in [0.717, 1.165) is 12.1 Å². The Labute approximate surface area is 157 Å². The van der Waals surface area contributed by atoms with E-state index in [9.17, 15) is 18.0 Å². The third kappa shape index (κ3) is 4.22. The van der Waals surface area contributed by atoms with Gasteiger partial charge in [0.1, 0.15) is 11.4 Å². The zero-order valence-corrected chi connectivity index (χ0v) is 14.7. The molecular formula is C18H13ClF3N3O2. The van der Waals surface area contributed by atoms with E-state index < -0.39 is 17.8 Å². The van der Waals surface area contributed by atoms with Gasteiger partial charge in [0.15, 0.2) is 5.76 Å². The molecule has 3 aromatic rings. The molecule has 9 heteroatoms. The predicted molar refractivity (Wildman–Crippen MR) is 95.8 cm³/mol. The molecule has 5 nitrogen and oxygen atoms in total. The van der Waals surface area contributed by atoms with Gasteiger partial charge in [0.2, 0.25) is 0 Å². The molecule has 2 amide bonds. The molecule has 2 N–H and O–H groups in total. The van der Waals surface area contributed by atoms with Crippen molar-refractivity contribution in [2.24, 2.45) is 0 Å². The summed E-state index contributed by atoms with van der Waals surface area (Å²) in [6.45, 7) is 1.59. The number of benzene rings is 2. The van der Waals surface area contributed by atoms with E-state index in [-0.39, 0.29) is 11.4 Å². The van der Waals surface area contributed by atoms with Crippen molar-refractivity contribution in [2.45, 2.75) is 13.1 Å². The summed E-state index contributed by atoms with van der Waals surface area (Å²) in [5, 5.41) is 9.22. The van der Waals surface area contributed by atoms with Gasteiger partial charge in [-0.2, -0.15) is 13.2 Å². The van der Waals surface area contributed by atoms with Gasteiger partial charge in [-0.15, -0.1) is 0 Å². The van der Waals surface area contributed by atoms with E-state index in [2.05, 4.69) is 15.8 Å². The number of nitrogens with one attached hydrogen (secondary N) is 2. The van der Waals surface area contributed by atoms with Gasteiger partial charge in [-0.1, -0.05) is 41.0 Å². The topological polar surface area (TPSA) is 67.2 Å². The number of carbonyl (C=O) groups excluding carboxylic acids is 1. The Morgan fingerprint density at radius 2 is 1.85 bits per heavy atom. The smallest absolute Gasteiger partial charge is 0.359 e. The fourth-order valence-corrected chi connectivity index (χ4v) is 2.63. The first-order chi connectivity index (χ1) is 12.8. The number of nitrogens with zero attached hydrogens (tertiary/aromatic N) is 1. The summed E-state index contributed by atoms with van der Waals surface area (Å²) >= 11 is 6.15. The molecule has 0 atom stereocenters. The lowest BCUT2D eigenvalue weighted by Crippen LogP contribution is -2.20. The Morgan fingerprint density at radius 1 is 1.11 bits per heavy atom. The van der Waals surface area contributed by atoms with Gasteiger partial charge >= 0.3 is 12.2 Å². The molecule has 27 heavy (non-hydrogen) atoms. The van der Waals surface area contributed by atoms with Crippen LogP contribution in [0.25, 0.3) is 11.3 Å². The molecule has 0 saturated carbocycles. The molecule has 0 unspecified atom stereocenters. The van der Waals surface area contributed by atoms with E-state index in [4.69, 9.17) is 16.1 Å². The second kappa shape index (κ2) is 7.32. The first-order valence-electron chi connectivity index (χ1n) is 7.72. The number of anilines is 2. The van der Waals surface area contributed by atoms with Gasteiger partial charge < -0.3 is 15.2 Å². The van der Waals surface area contributed by atoms with Crippen LogP contribution < -0.4 is 10.6 Å². The molecule has 2 aromatic carbocycles. The molecule has 0 fully saturated rings. The lowest BCUT2D eigenvalue weighted by atomic mass is 10.1. The maximum atomic E-state index is 12.8. The molecule has 0 radical (unpaired) electrons. The monoisotopic (exact) mass is 395 g/mol. The number of halogens is 4. The number of hydrogen-bond donors (Lipinski definition) is 2. The van der Waals surface area contributed by atoms with Crippen LogP contribution in [0.3, 0.4) is 0 Å². The summed E-state index contributed by atoms with van der Waals surface area (Å²) < 4.78 is 43.5. The first-order valence-corrected chi connectivity index (χ1v) is 8.10. The van der Waals surface area contributed by atoms with E-state index in [1.807, 2.05) is 0 Å². The molecule has 140 valence electrons. The van der Waals surface area contributed by atoms with Crippen molar-refractivity contribution in [3.05, 3.63) is 64.9 Å². The van der Waals surface area contributed by atoms with Crippen molar-refractivity contribution in [1.82, 2.24) is 5.16 Å². The molecule has 0 saturated heterocycles. The first kappa shape index (κ1) is 18.8. The van der Waals surface area contributed by atoms with Crippen LogP contribution in [0.5, 0.6) is 0 Å². The maximum absolute atomic E-state index is 12.8. The predicted octanol–water partition coefficient (Wildman–Crippen LogP) is 5.97. The van der Waals surface area contributed by atoms with Crippen LogP contribution in [-0.4, -0.2) is 11.2 Å². The number of carbonyl (C=O) groups is 1. The SMILES string of the molecule is Cc1onc(-c2ccccc2Cl)c1NC(=O)Nc1cccc(C(F)(F)F)c1. The van der Waals surface area contributed by atoms with Gasteiger partial charge in [-0.3, -0.25) is 0 Å². The number of alkyl halides is 3. The highest BCUT2D eigenvalue weighted by Gasteiger charge is 2.30. The van der Waals surface area contributed by atoms with Gasteiger partial charge in [0.25, 0.3) is 0 Å². The highest BCUT2D eigenvalue weighted by atomic mass is 35.5. The summed E-state index contributed by atoms with van der Waals surface area (Å²) in [7, 11) is 0. The van der Waals surface area contributed by atoms with Crippen LogP contribution in [0.4, 0.5) is 29.3 Å².